The van der Waals surface area contributed by atoms with Crippen molar-refractivity contribution < 1.29 is 16.8 Å². The van der Waals surface area contributed by atoms with Gasteiger partial charge >= 0.3 is 0 Å². The van der Waals surface area contributed by atoms with Gasteiger partial charge < -0.3 is 0 Å². The first kappa shape index (κ1) is 15.2. The van der Waals surface area contributed by atoms with Gasteiger partial charge in [-0.1, -0.05) is 19.9 Å². The van der Waals surface area contributed by atoms with Crippen LogP contribution in [-0.2, 0) is 19.7 Å². The Morgan fingerprint density at radius 1 is 0.944 bits per heavy atom. The second-order valence-electron chi connectivity index (χ2n) is 4.81. The lowest BCUT2D eigenvalue weighted by Gasteiger charge is -2.16. The van der Waals surface area contributed by atoms with Crippen molar-refractivity contribution in [2.24, 2.45) is 0 Å². The van der Waals surface area contributed by atoms with Crippen LogP contribution in [0.25, 0.3) is 0 Å². The predicted octanol–water partition coefficient (Wildman–Crippen LogP) is 1.93. The molecule has 1 rings (SSSR count). The minimum absolute atomic E-state index is 0.0730. The highest BCUT2D eigenvalue weighted by Crippen LogP contribution is 2.30. The monoisotopic (exact) mass is 290 g/mol. The second kappa shape index (κ2) is 4.66. The highest BCUT2D eigenvalue weighted by molar-refractivity contribution is 7.93. The summed E-state index contributed by atoms with van der Waals surface area (Å²) in [5.41, 5.74) is 1.37. The standard InChI is InChI=1S/C12H18O4S2/c1-8(2)10-6-7-11(17(4,13)14)12(9(10)3)18(5,15)16/h6-8H,1-5H3. The molecule has 0 N–H and O–H groups in total. The molecule has 0 radical (unpaired) electrons. The van der Waals surface area contributed by atoms with E-state index in [0.29, 0.717) is 5.56 Å². The van der Waals surface area contributed by atoms with Gasteiger partial charge in [-0.2, -0.15) is 0 Å². The third-order valence-electron chi connectivity index (χ3n) is 2.80. The van der Waals surface area contributed by atoms with Crippen LogP contribution in [0.15, 0.2) is 21.9 Å². The summed E-state index contributed by atoms with van der Waals surface area (Å²) in [5, 5.41) is 0. The summed E-state index contributed by atoms with van der Waals surface area (Å²) in [6.07, 6.45) is 2.06. The third kappa shape index (κ3) is 2.92. The molecule has 0 amide bonds. The lowest BCUT2D eigenvalue weighted by Crippen LogP contribution is -2.11. The van der Waals surface area contributed by atoms with Crippen molar-refractivity contribution in [3.63, 3.8) is 0 Å². The lowest BCUT2D eigenvalue weighted by atomic mass is 9.98. The van der Waals surface area contributed by atoms with E-state index in [1.807, 2.05) is 13.8 Å². The summed E-state index contributed by atoms with van der Waals surface area (Å²) in [7, 11) is -7.14. The average molecular weight is 290 g/mol. The maximum atomic E-state index is 11.8. The Bertz CT molecular complexity index is 668. The molecule has 0 spiro atoms. The molecular formula is C12H18O4S2. The largest absolute Gasteiger partial charge is 0.224 e. The molecule has 0 saturated carbocycles. The molecule has 0 bridgehead atoms. The predicted molar refractivity (Wildman–Crippen MR) is 71.5 cm³/mol. The number of benzene rings is 1. The van der Waals surface area contributed by atoms with Gasteiger partial charge in [0, 0.05) is 12.5 Å². The van der Waals surface area contributed by atoms with Gasteiger partial charge in [0.15, 0.2) is 19.7 Å². The van der Waals surface area contributed by atoms with Gasteiger partial charge in [-0.15, -0.1) is 0 Å². The lowest BCUT2D eigenvalue weighted by molar-refractivity contribution is 0.587. The smallest absolute Gasteiger partial charge is 0.177 e. The highest BCUT2D eigenvalue weighted by Gasteiger charge is 2.24. The molecule has 102 valence electrons. The van der Waals surface area contributed by atoms with Gasteiger partial charge in [-0.3, -0.25) is 0 Å². The van der Waals surface area contributed by atoms with Crippen LogP contribution in [0.2, 0.25) is 0 Å². The van der Waals surface area contributed by atoms with E-state index < -0.39 is 19.7 Å². The van der Waals surface area contributed by atoms with Crippen LogP contribution in [0.3, 0.4) is 0 Å². The maximum Gasteiger partial charge on any atom is 0.177 e. The topological polar surface area (TPSA) is 68.3 Å². The number of hydrogen-bond acceptors (Lipinski definition) is 4. The summed E-state index contributed by atoms with van der Waals surface area (Å²) < 4.78 is 47.0. The van der Waals surface area contributed by atoms with Gasteiger partial charge in [-0.05, 0) is 30.0 Å². The Balaban J connectivity index is 3.87. The van der Waals surface area contributed by atoms with Gasteiger partial charge in [0.2, 0.25) is 0 Å². The van der Waals surface area contributed by atoms with Gasteiger partial charge in [0.25, 0.3) is 0 Å². The molecule has 0 unspecified atom stereocenters. The molecule has 18 heavy (non-hydrogen) atoms. The molecule has 0 heterocycles. The molecule has 0 atom stereocenters. The SMILES string of the molecule is Cc1c(C(C)C)ccc(S(C)(=O)=O)c1S(C)(=O)=O. The fraction of sp³-hybridized carbons (Fsp3) is 0.500. The Labute approximate surface area is 109 Å². The van der Waals surface area contributed by atoms with Crippen LogP contribution in [0.1, 0.15) is 30.9 Å². The summed E-state index contributed by atoms with van der Waals surface area (Å²) in [5.74, 6) is 0.138. The van der Waals surface area contributed by atoms with Crippen LogP contribution >= 0.6 is 0 Å². The van der Waals surface area contributed by atoms with E-state index in [1.165, 1.54) is 6.07 Å². The van der Waals surface area contributed by atoms with E-state index in [4.69, 9.17) is 0 Å². The normalized spacial score (nSPS) is 13.0. The molecule has 4 nitrogen and oxygen atoms in total. The molecule has 0 saturated heterocycles. The summed E-state index contributed by atoms with van der Waals surface area (Å²) >= 11 is 0. The van der Waals surface area contributed by atoms with Crippen molar-refractivity contribution in [3.05, 3.63) is 23.3 Å². The van der Waals surface area contributed by atoms with Crippen LogP contribution in [0.4, 0.5) is 0 Å². The summed E-state index contributed by atoms with van der Waals surface area (Å²) in [4.78, 5) is -0.192. The van der Waals surface area contributed by atoms with Gasteiger partial charge in [-0.25, -0.2) is 16.8 Å². The van der Waals surface area contributed by atoms with E-state index >= 15 is 0 Å². The van der Waals surface area contributed by atoms with Crippen LogP contribution in [-0.4, -0.2) is 29.3 Å². The zero-order valence-corrected chi connectivity index (χ0v) is 12.8. The first-order valence-electron chi connectivity index (χ1n) is 5.50. The van der Waals surface area contributed by atoms with Crippen LogP contribution in [0, 0.1) is 6.92 Å². The van der Waals surface area contributed by atoms with Crippen molar-refractivity contribution >= 4 is 19.7 Å². The molecule has 0 aliphatic carbocycles. The number of sulfone groups is 2. The molecule has 6 heteroatoms. The molecule has 0 aliphatic heterocycles. The first-order chi connectivity index (χ1) is 7.96. The number of rotatable bonds is 3. The third-order valence-corrected chi connectivity index (χ3v) is 5.34. The Morgan fingerprint density at radius 2 is 1.44 bits per heavy atom. The van der Waals surface area contributed by atoms with Gasteiger partial charge in [0.05, 0.1) is 9.79 Å². The Morgan fingerprint density at radius 3 is 1.78 bits per heavy atom. The van der Waals surface area contributed by atoms with Crippen molar-refractivity contribution in [2.75, 3.05) is 12.5 Å². The fourth-order valence-electron chi connectivity index (χ4n) is 2.06. The maximum absolute atomic E-state index is 11.8. The van der Waals surface area contributed by atoms with E-state index in [0.717, 1.165) is 18.1 Å². The first-order valence-corrected chi connectivity index (χ1v) is 9.28. The van der Waals surface area contributed by atoms with Gasteiger partial charge in [0.1, 0.15) is 0 Å². The van der Waals surface area contributed by atoms with Crippen LogP contribution in [0.5, 0.6) is 0 Å². The van der Waals surface area contributed by atoms with Crippen molar-refractivity contribution in [2.45, 2.75) is 36.5 Å². The van der Waals surface area contributed by atoms with Crippen LogP contribution < -0.4 is 0 Å². The van der Waals surface area contributed by atoms with E-state index in [1.54, 1.807) is 13.0 Å². The Kier molecular flexibility index (Phi) is 3.93. The van der Waals surface area contributed by atoms with Crippen molar-refractivity contribution in [1.82, 2.24) is 0 Å². The van der Waals surface area contributed by atoms with Crippen molar-refractivity contribution in [3.8, 4) is 0 Å². The fourth-order valence-corrected chi connectivity index (χ4v) is 4.88. The van der Waals surface area contributed by atoms with E-state index in [-0.39, 0.29) is 15.7 Å². The zero-order chi connectivity index (χ0) is 14.3. The minimum Gasteiger partial charge on any atom is -0.224 e. The second-order valence-corrected chi connectivity index (χ2v) is 8.74. The highest BCUT2D eigenvalue weighted by atomic mass is 32.2. The molecular weight excluding hydrogens is 272 g/mol. The van der Waals surface area contributed by atoms with E-state index in [2.05, 4.69) is 0 Å². The number of hydrogen-bond donors (Lipinski definition) is 0. The molecule has 0 aromatic heterocycles. The molecule has 0 aliphatic rings. The zero-order valence-electron chi connectivity index (χ0n) is 11.2. The summed E-state index contributed by atoms with van der Waals surface area (Å²) in [6.45, 7) is 5.53. The van der Waals surface area contributed by atoms with E-state index in [9.17, 15) is 16.8 Å². The minimum atomic E-state index is -3.58. The molecule has 1 aromatic carbocycles. The summed E-state index contributed by atoms with van der Waals surface area (Å²) in [6, 6.07) is 3.07. The molecule has 1 aromatic rings. The van der Waals surface area contributed by atoms with Crippen molar-refractivity contribution in [1.29, 1.82) is 0 Å². The Hall–Kier alpha value is -0.880. The molecule has 0 fully saturated rings. The average Bonchev–Trinajstić information content (AvgIpc) is 2.12. The quantitative estimate of drug-likeness (QED) is 0.853.